The van der Waals surface area contributed by atoms with Gasteiger partial charge in [0, 0.05) is 21.8 Å². The van der Waals surface area contributed by atoms with Crippen molar-refractivity contribution < 1.29 is 4.79 Å². The summed E-state index contributed by atoms with van der Waals surface area (Å²) in [6, 6.07) is 8.07. The Kier molecular flexibility index (Phi) is 6.97. The Balaban J connectivity index is 2.67. The molecule has 2 nitrogen and oxygen atoms in total. The van der Waals surface area contributed by atoms with Crippen LogP contribution >= 0.6 is 27.7 Å². The van der Waals surface area contributed by atoms with Crippen molar-refractivity contribution in [3.05, 3.63) is 34.3 Å². The van der Waals surface area contributed by atoms with E-state index in [0.717, 1.165) is 22.2 Å². The van der Waals surface area contributed by atoms with Crippen LogP contribution in [0, 0.1) is 0 Å². The molecule has 0 N–H and O–H groups in total. The number of ketones is 1. The molecule has 0 saturated carbocycles. The van der Waals surface area contributed by atoms with Gasteiger partial charge in [-0.25, -0.2) is 0 Å². The van der Waals surface area contributed by atoms with Gasteiger partial charge in [0.1, 0.15) is 0 Å². The monoisotopic (exact) mass is 329 g/mol. The molecule has 0 aliphatic rings. The van der Waals surface area contributed by atoms with E-state index in [-0.39, 0.29) is 5.78 Å². The third-order valence-corrected chi connectivity index (χ3v) is 4.43. The van der Waals surface area contributed by atoms with Crippen LogP contribution in [-0.4, -0.2) is 42.3 Å². The van der Waals surface area contributed by atoms with Crippen molar-refractivity contribution in [2.45, 2.75) is 19.4 Å². The summed E-state index contributed by atoms with van der Waals surface area (Å²) < 4.78 is 0.876. The minimum atomic E-state index is 0.171. The number of Topliss-reactive ketones (excluding diaryl/α,β-unsaturated/α-hetero) is 1. The van der Waals surface area contributed by atoms with Crippen LogP contribution in [-0.2, 0) is 0 Å². The minimum absolute atomic E-state index is 0.171. The first-order valence-electron chi connectivity index (χ1n) is 6.07. The maximum Gasteiger partial charge on any atom is 0.177 e. The molecular weight excluding hydrogens is 310 g/mol. The molecule has 1 aromatic rings. The number of carbonyl (C=O) groups excluding carboxylic acids is 1. The normalized spacial score (nSPS) is 12.7. The smallest absolute Gasteiger partial charge is 0.177 e. The number of nitrogens with zero attached hydrogens (tertiary/aromatic N) is 1. The lowest BCUT2D eigenvalue weighted by molar-refractivity contribution is 0.0924. The molecule has 4 heteroatoms. The van der Waals surface area contributed by atoms with Crippen molar-refractivity contribution in [1.29, 1.82) is 0 Å². The van der Waals surface area contributed by atoms with Crippen LogP contribution in [0.2, 0.25) is 0 Å². The van der Waals surface area contributed by atoms with Crippen LogP contribution in [0.1, 0.15) is 23.7 Å². The first-order valence-corrected chi connectivity index (χ1v) is 8.25. The number of halogens is 1. The Morgan fingerprint density at radius 1 is 1.44 bits per heavy atom. The molecule has 18 heavy (non-hydrogen) atoms. The highest BCUT2D eigenvalue weighted by molar-refractivity contribution is 9.10. The topological polar surface area (TPSA) is 20.3 Å². The van der Waals surface area contributed by atoms with E-state index >= 15 is 0 Å². The molecule has 0 aliphatic carbocycles. The van der Waals surface area contributed by atoms with E-state index < -0.39 is 0 Å². The third-order valence-electron chi connectivity index (χ3n) is 3.02. The van der Waals surface area contributed by atoms with Crippen LogP contribution in [0.15, 0.2) is 28.7 Å². The summed E-state index contributed by atoms with van der Waals surface area (Å²) in [4.78, 5) is 14.4. The van der Waals surface area contributed by atoms with Gasteiger partial charge in [-0.15, -0.1) is 0 Å². The van der Waals surface area contributed by atoms with Gasteiger partial charge in [-0.1, -0.05) is 41.1 Å². The van der Waals surface area contributed by atoms with Crippen LogP contribution in [0.4, 0.5) is 0 Å². The predicted octanol–water partition coefficient (Wildman–Crippen LogP) is 3.71. The molecule has 0 aromatic heterocycles. The highest BCUT2D eigenvalue weighted by Gasteiger charge is 2.17. The van der Waals surface area contributed by atoms with Crippen molar-refractivity contribution in [2.24, 2.45) is 0 Å². The van der Waals surface area contributed by atoms with Crippen molar-refractivity contribution in [2.75, 3.05) is 25.6 Å². The van der Waals surface area contributed by atoms with Crippen molar-refractivity contribution in [3.8, 4) is 0 Å². The van der Waals surface area contributed by atoms with Crippen molar-refractivity contribution in [3.63, 3.8) is 0 Å². The van der Waals surface area contributed by atoms with E-state index in [1.165, 1.54) is 0 Å². The largest absolute Gasteiger partial charge is 0.295 e. The van der Waals surface area contributed by atoms with Crippen LogP contribution in [0.3, 0.4) is 0 Å². The Hall–Kier alpha value is -0.320. The fraction of sp³-hybridized carbons (Fsp3) is 0.500. The Morgan fingerprint density at radius 2 is 2.11 bits per heavy atom. The number of hydrogen-bond donors (Lipinski definition) is 0. The van der Waals surface area contributed by atoms with E-state index in [1.54, 1.807) is 0 Å². The molecular formula is C14H20BrNOS. The van der Waals surface area contributed by atoms with Gasteiger partial charge in [0.05, 0.1) is 6.54 Å². The van der Waals surface area contributed by atoms with Gasteiger partial charge in [-0.2, -0.15) is 11.8 Å². The molecule has 0 aliphatic heterocycles. The van der Waals surface area contributed by atoms with Crippen LogP contribution in [0.5, 0.6) is 0 Å². The summed E-state index contributed by atoms with van der Waals surface area (Å²) in [6.07, 6.45) is 3.17. The molecule has 0 fully saturated rings. The second-order valence-corrected chi connectivity index (χ2v) is 6.10. The summed E-state index contributed by atoms with van der Waals surface area (Å²) in [6.45, 7) is 2.64. The number of benzene rings is 1. The van der Waals surface area contributed by atoms with E-state index in [1.807, 2.05) is 43.1 Å². The average Bonchev–Trinajstić information content (AvgIpc) is 2.36. The molecule has 0 bridgehead atoms. The second kappa shape index (κ2) is 7.97. The summed E-state index contributed by atoms with van der Waals surface area (Å²) >= 11 is 5.25. The first-order chi connectivity index (χ1) is 8.60. The molecule has 1 unspecified atom stereocenters. The lowest BCUT2D eigenvalue weighted by atomic mass is 10.1. The zero-order chi connectivity index (χ0) is 13.5. The number of likely N-dealkylation sites (N-methyl/N-ethyl adjacent to an activating group) is 1. The summed E-state index contributed by atoms with van der Waals surface area (Å²) in [7, 11) is 2.03. The minimum Gasteiger partial charge on any atom is -0.295 e. The van der Waals surface area contributed by atoms with E-state index in [2.05, 4.69) is 34.0 Å². The van der Waals surface area contributed by atoms with Crippen LogP contribution in [0.25, 0.3) is 0 Å². The van der Waals surface area contributed by atoms with Gasteiger partial charge in [-0.3, -0.25) is 9.69 Å². The van der Waals surface area contributed by atoms with Gasteiger partial charge in [0.2, 0.25) is 0 Å². The molecule has 1 aromatic carbocycles. The highest BCUT2D eigenvalue weighted by Crippen LogP contribution is 2.17. The lowest BCUT2D eigenvalue weighted by Gasteiger charge is -2.25. The number of thioether (sulfide) groups is 1. The van der Waals surface area contributed by atoms with E-state index in [0.29, 0.717) is 12.6 Å². The van der Waals surface area contributed by atoms with Gasteiger partial charge in [0.15, 0.2) is 5.78 Å². The second-order valence-electron chi connectivity index (χ2n) is 4.34. The molecule has 0 radical (unpaired) electrons. The van der Waals surface area contributed by atoms with E-state index in [4.69, 9.17) is 0 Å². The van der Waals surface area contributed by atoms with Gasteiger partial charge < -0.3 is 0 Å². The highest BCUT2D eigenvalue weighted by atomic mass is 79.9. The fourth-order valence-corrected chi connectivity index (χ4v) is 3.26. The number of hydrogen-bond acceptors (Lipinski definition) is 3. The Bertz CT molecular complexity index is 397. The zero-order valence-corrected chi connectivity index (χ0v) is 13.6. The summed E-state index contributed by atoms with van der Waals surface area (Å²) in [5, 5.41) is 0. The third kappa shape index (κ3) is 4.41. The van der Waals surface area contributed by atoms with Gasteiger partial charge in [0.25, 0.3) is 0 Å². The molecule has 1 rings (SSSR count). The SMILES string of the molecule is CCC(CSC)N(C)CC(=O)c1ccccc1Br. The zero-order valence-electron chi connectivity index (χ0n) is 11.1. The molecule has 1 atom stereocenters. The summed E-state index contributed by atoms with van der Waals surface area (Å²) in [5.74, 6) is 1.24. The fourth-order valence-electron chi connectivity index (χ4n) is 1.88. The number of rotatable bonds is 7. The molecule has 100 valence electrons. The first kappa shape index (κ1) is 15.7. The van der Waals surface area contributed by atoms with Crippen LogP contribution < -0.4 is 0 Å². The molecule has 0 amide bonds. The van der Waals surface area contributed by atoms with Crippen molar-refractivity contribution >= 4 is 33.5 Å². The maximum absolute atomic E-state index is 12.2. The number of carbonyl (C=O) groups is 1. The molecule has 0 heterocycles. The maximum atomic E-state index is 12.2. The molecule has 0 saturated heterocycles. The van der Waals surface area contributed by atoms with E-state index in [9.17, 15) is 4.79 Å². The Morgan fingerprint density at radius 3 is 2.67 bits per heavy atom. The standard InChI is InChI=1S/C14H20BrNOS/c1-4-11(10-18-3)16(2)9-14(17)12-7-5-6-8-13(12)15/h5-8,11H,4,9-10H2,1-3H3. The molecule has 0 spiro atoms. The average molecular weight is 330 g/mol. The predicted molar refractivity (Wildman–Crippen MR) is 83.6 cm³/mol. The quantitative estimate of drug-likeness (QED) is 0.711. The lowest BCUT2D eigenvalue weighted by Crippen LogP contribution is -2.37. The summed E-state index contributed by atoms with van der Waals surface area (Å²) in [5.41, 5.74) is 0.767. The van der Waals surface area contributed by atoms with Crippen molar-refractivity contribution in [1.82, 2.24) is 4.90 Å². The Labute approximate surface area is 122 Å². The van der Waals surface area contributed by atoms with Gasteiger partial charge >= 0.3 is 0 Å². The van der Waals surface area contributed by atoms with Gasteiger partial charge in [-0.05, 0) is 25.8 Å².